The summed E-state index contributed by atoms with van der Waals surface area (Å²) < 4.78 is 18.1. The molecule has 0 aliphatic heterocycles. The molecule has 136 valence electrons. The van der Waals surface area contributed by atoms with Gasteiger partial charge in [-0.05, 0) is 30.7 Å². The molecule has 1 aromatic carbocycles. The Kier molecular flexibility index (Phi) is 4.04. The molecule has 0 fully saturated rings. The van der Waals surface area contributed by atoms with Gasteiger partial charge in [0.15, 0.2) is 5.82 Å². The Morgan fingerprint density at radius 2 is 2.07 bits per heavy atom. The zero-order valence-electron chi connectivity index (χ0n) is 15.4. The molecule has 4 rings (SSSR count). The molecule has 0 saturated heterocycles. The Hall–Kier alpha value is -3.40. The number of fused-ring (bicyclic) bond motifs is 3. The molecule has 0 saturated carbocycles. The van der Waals surface area contributed by atoms with Gasteiger partial charge in [0.05, 0.1) is 29.2 Å². The minimum absolute atomic E-state index is 0.299. The highest BCUT2D eigenvalue weighted by molar-refractivity contribution is 6.07. The molecule has 4 aromatic rings. The number of halogens is 1. The normalized spacial score (nSPS) is 11.2. The van der Waals surface area contributed by atoms with Crippen LogP contribution in [0, 0.1) is 17.1 Å². The van der Waals surface area contributed by atoms with Crippen LogP contribution < -0.4 is 5.32 Å². The molecule has 0 atom stereocenters. The Morgan fingerprint density at radius 1 is 1.26 bits per heavy atom. The number of hydrogen-bond donors (Lipinski definition) is 1. The van der Waals surface area contributed by atoms with Crippen LogP contribution in [0.4, 0.5) is 10.2 Å². The number of pyridine rings is 1. The highest BCUT2D eigenvalue weighted by Gasteiger charge is 2.19. The van der Waals surface area contributed by atoms with Gasteiger partial charge in [-0.2, -0.15) is 5.26 Å². The smallest absolute Gasteiger partial charge is 0.156 e. The van der Waals surface area contributed by atoms with Gasteiger partial charge in [-0.3, -0.25) is 0 Å². The minimum atomic E-state index is -0.424. The average molecular weight is 362 g/mol. The second kappa shape index (κ2) is 6.40. The average Bonchev–Trinajstić information content (AvgIpc) is 3.22. The molecule has 0 aliphatic carbocycles. The molecule has 0 spiro atoms. The molecule has 0 radical (unpaired) electrons. The van der Waals surface area contributed by atoms with Crippen molar-refractivity contribution < 1.29 is 4.39 Å². The maximum absolute atomic E-state index is 14.1. The lowest BCUT2D eigenvalue weighted by Gasteiger charge is -2.10. The molecule has 0 bridgehead atoms. The van der Waals surface area contributed by atoms with Crippen molar-refractivity contribution in [1.82, 2.24) is 19.1 Å². The van der Waals surface area contributed by atoms with Gasteiger partial charge in [0.1, 0.15) is 17.0 Å². The summed E-state index contributed by atoms with van der Waals surface area (Å²) in [6.45, 7) is 2.82. The third-order valence-electron chi connectivity index (χ3n) is 4.71. The van der Waals surface area contributed by atoms with E-state index in [4.69, 9.17) is 4.98 Å². The summed E-state index contributed by atoms with van der Waals surface area (Å²) >= 11 is 0. The maximum atomic E-state index is 14.1. The first kappa shape index (κ1) is 17.0. The largest absolute Gasteiger partial charge is 0.371 e. The number of rotatable bonds is 4. The standard InChI is InChI=1S/C20H19FN6/c1-4-5-27-16(13-6-12(10-22)7-14(21)8-13)9-15-18-17(24-11-26(18)3)19(23-2)25-20(15)27/h6-9,11H,4-5H2,1-3H3,(H,23,25). The summed E-state index contributed by atoms with van der Waals surface area (Å²) in [4.78, 5) is 9.25. The van der Waals surface area contributed by atoms with E-state index >= 15 is 0 Å². The van der Waals surface area contributed by atoms with Crippen LogP contribution in [-0.2, 0) is 13.6 Å². The van der Waals surface area contributed by atoms with Crippen LogP contribution in [0.15, 0.2) is 30.6 Å². The van der Waals surface area contributed by atoms with Gasteiger partial charge in [-0.1, -0.05) is 6.92 Å². The van der Waals surface area contributed by atoms with Crippen molar-refractivity contribution in [3.63, 3.8) is 0 Å². The van der Waals surface area contributed by atoms with E-state index in [1.165, 1.54) is 12.1 Å². The van der Waals surface area contributed by atoms with E-state index in [2.05, 4.69) is 21.8 Å². The summed E-state index contributed by atoms with van der Waals surface area (Å²) in [5, 5.41) is 13.3. The summed E-state index contributed by atoms with van der Waals surface area (Å²) in [6, 6.07) is 8.45. The van der Waals surface area contributed by atoms with Crippen molar-refractivity contribution in [2.45, 2.75) is 19.9 Å². The predicted molar refractivity (Wildman–Crippen MR) is 104 cm³/mol. The van der Waals surface area contributed by atoms with Gasteiger partial charge in [0, 0.05) is 31.6 Å². The van der Waals surface area contributed by atoms with Gasteiger partial charge in [-0.25, -0.2) is 14.4 Å². The van der Waals surface area contributed by atoms with Gasteiger partial charge in [0.25, 0.3) is 0 Å². The zero-order chi connectivity index (χ0) is 19.1. The molecule has 6 nitrogen and oxygen atoms in total. The van der Waals surface area contributed by atoms with Crippen LogP contribution in [0.2, 0.25) is 0 Å². The monoisotopic (exact) mass is 362 g/mol. The molecular formula is C20H19FN6. The topological polar surface area (TPSA) is 71.5 Å². The number of nitrogens with zero attached hydrogens (tertiary/aromatic N) is 5. The third kappa shape index (κ3) is 2.61. The van der Waals surface area contributed by atoms with Gasteiger partial charge in [-0.15, -0.1) is 0 Å². The second-order valence-electron chi connectivity index (χ2n) is 6.52. The lowest BCUT2D eigenvalue weighted by atomic mass is 10.1. The number of aryl methyl sites for hydroxylation is 2. The quantitative estimate of drug-likeness (QED) is 0.594. The maximum Gasteiger partial charge on any atom is 0.156 e. The van der Waals surface area contributed by atoms with E-state index in [1.54, 1.807) is 12.4 Å². The lowest BCUT2D eigenvalue weighted by Crippen LogP contribution is -2.03. The number of imidazole rings is 1. The van der Waals surface area contributed by atoms with Crippen LogP contribution in [0.1, 0.15) is 18.9 Å². The Morgan fingerprint density at radius 3 is 2.78 bits per heavy atom. The molecule has 3 heterocycles. The van der Waals surface area contributed by atoms with Gasteiger partial charge < -0.3 is 14.5 Å². The van der Waals surface area contributed by atoms with E-state index in [-0.39, 0.29) is 0 Å². The number of nitriles is 1. The fourth-order valence-electron chi connectivity index (χ4n) is 3.58. The molecule has 3 aromatic heterocycles. The number of hydrogen-bond acceptors (Lipinski definition) is 4. The minimum Gasteiger partial charge on any atom is -0.371 e. The first-order chi connectivity index (χ1) is 13.1. The van der Waals surface area contributed by atoms with Crippen molar-refractivity contribution in [2.75, 3.05) is 12.4 Å². The highest BCUT2D eigenvalue weighted by atomic mass is 19.1. The fourth-order valence-corrected chi connectivity index (χ4v) is 3.58. The van der Waals surface area contributed by atoms with Crippen molar-refractivity contribution in [3.05, 3.63) is 42.0 Å². The SMILES string of the molecule is CCCn1c(-c2cc(F)cc(C#N)c2)cc2c3c(ncn3C)c(NC)nc21. The van der Waals surface area contributed by atoms with Crippen molar-refractivity contribution >= 4 is 27.9 Å². The second-order valence-corrected chi connectivity index (χ2v) is 6.52. The Balaban J connectivity index is 2.11. The van der Waals surface area contributed by atoms with E-state index < -0.39 is 5.82 Å². The van der Waals surface area contributed by atoms with Crippen molar-refractivity contribution in [1.29, 1.82) is 5.26 Å². The molecule has 7 heteroatoms. The van der Waals surface area contributed by atoms with Crippen molar-refractivity contribution in [3.8, 4) is 17.3 Å². The third-order valence-corrected chi connectivity index (χ3v) is 4.71. The number of anilines is 1. The highest BCUT2D eigenvalue weighted by Crippen LogP contribution is 2.35. The van der Waals surface area contributed by atoms with Crippen LogP contribution in [0.25, 0.3) is 33.3 Å². The number of benzene rings is 1. The van der Waals surface area contributed by atoms with E-state index in [1.807, 2.05) is 30.8 Å². The molecular weight excluding hydrogens is 343 g/mol. The summed E-state index contributed by atoms with van der Waals surface area (Å²) in [7, 11) is 3.77. The van der Waals surface area contributed by atoms with Crippen LogP contribution in [0.3, 0.4) is 0 Å². The van der Waals surface area contributed by atoms with Gasteiger partial charge in [0.2, 0.25) is 0 Å². The van der Waals surface area contributed by atoms with E-state index in [9.17, 15) is 9.65 Å². The Bertz CT molecular complexity index is 1210. The number of aromatic nitrogens is 4. The first-order valence-corrected chi connectivity index (χ1v) is 8.80. The molecule has 0 amide bonds. The van der Waals surface area contributed by atoms with Gasteiger partial charge >= 0.3 is 0 Å². The van der Waals surface area contributed by atoms with Crippen molar-refractivity contribution in [2.24, 2.45) is 7.05 Å². The summed E-state index contributed by atoms with van der Waals surface area (Å²) in [5.41, 5.74) is 4.38. The molecule has 0 unspecified atom stereocenters. The molecule has 1 N–H and O–H groups in total. The van der Waals surface area contributed by atoms with Crippen LogP contribution in [0.5, 0.6) is 0 Å². The Labute approximate surface area is 155 Å². The lowest BCUT2D eigenvalue weighted by molar-refractivity contribution is 0.627. The van der Waals surface area contributed by atoms with E-state index in [0.29, 0.717) is 16.9 Å². The molecule has 0 aliphatic rings. The molecule has 27 heavy (non-hydrogen) atoms. The number of nitrogens with one attached hydrogen (secondary N) is 1. The predicted octanol–water partition coefficient (Wildman–Crippen LogP) is 4.05. The summed E-state index contributed by atoms with van der Waals surface area (Å²) in [6.07, 6.45) is 2.66. The van der Waals surface area contributed by atoms with Crippen LogP contribution in [-0.4, -0.2) is 26.1 Å². The summed E-state index contributed by atoms with van der Waals surface area (Å²) in [5.74, 6) is 0.281. The van der Waals surface area contributed by atoms with Crippen LogP contribution >= 0.6 is 0 Å². The first-order valence-electron chi connectivity index (χ1n) is 8.80. The fraction of sp³-hybridized carbons (Fsp3) is 0.250. The zero-order valence-corrected chi connectivity index (χ0v) is 15.4. The van der Waals surface area contributed by atoms with E-state index in [0.717, 1.165) is 40.7 Å².